The number of hydrogen-bond acceptors (Lipinski definition) is 7. The van der Waals surface area contributed by atoms with Crippen LogP contribution in [0.1, 0.15) is 23.2 Å². The fourth-order valence-corrected chi connectivity index (χ4v) is 2.90. The molecule has 0 aliphatic heterocycles. The van der Waals surface area contributed by atoms with E-state index >= 15 is 0 Å². The average Bonchev–Trinajstić information content (AvgIpc) is 3.40. The van der Waals surface area contributed by atoms with Crippen molar-refractivity contribution in [3.63, 3.8) is 0 Å². The Balaban J connectivity index is 1.49. The van der Waals surface area contributed by atoms with E-state index in [1.165, 1.54) is 0 Å². The van der Waals surface area contributed by atoms with Gasteiger partial charge in [-0.05, 0) is 25.1 Å². The molecule has 148 valence electrons. The van der Waals surface area contributed by atoms with Gasteiger partial charge in [0.25, 0.3) is 11.8 Å². The molecule has 1 aromatic carbocycles. The molecular weight excluding hydrogens is 374 g/mol. The number of nitrogens with one attached hydrogen (secondary N) is 2. The average molecular weight is 393 g/mol. The van der Waals surface area contributed by atoms with Crippen molar-refractivity contribution in [2.45, 2.75) is 13.5 Å². The van der Waals surface area contributed by atoms with Crippen LogP contribution in [0.3, 0.4) is 0 Å². The second kappa shape index (κ2) is 7.97. The van der Waals surface area contributed by atoms with Crippen molar-refractivity contribution in [2.24, 2.45) is 0 Å². The number of benzene rings is 1. The third-order valence-corrected chi connectivity index (χ3v) is 4.26. The molecule has 0 saturated heterocycles. The van der Waals surface area contributed by atoms with Crippen LogP contribution in [0.2, 0.25) is 0 Å². The molecule has 10 heteroatoms. The van der Waals surface area contributed by atoms with Crippen LogP contribution in [-0.4, -0.2) is 49.4 Å². The van der Waals surface area contributed by atoms with Crippen LogP contribution < -0.4 is 14.8 Å². The summed E-state index contributed by atoms with van der Waals surface area (Å²) in [5.74, 6) is 1.32. The molecule has 2 N–H and O–H groups in total. The molecule has 0 aliphatic carbocycles. The molecule has 0 aliphatic rings. The summed E-state index contributed by atoms with van der Waals surface area (Å²) in [5, 5.41) is 18.0. The van der Waals surface area contributed by atoms with Crippen molar-refractivity contribution in [1.82, 2.24) is 35.1 Å². The smallest absolute Gasteiger partial charge is 0.269 e. The highest BCUT2D eigenvalue weighted by Crippen LogP contribution is 2.28. The number of carbonyl (C=O) groups excluding carboxylic acids is 1. The lowest BCUT2D eigenvalue weighted by atomic mass is 10.1. The molecule has 0 saturated carbocycles. The SMILES string of the molecule is CCOc1nccn2c(CNC(=O)c3cc(-c4ccccc4OC)n[nH]3)nnc12. The zero-order chi connectivity index (χ0) is 20.2. The lowest BCUT2D eigenvalue weighted by molar-refractivity contribution is 0.0944. The normalized spacial score (nSPS) is 10.8. The van der Waals surface area contributed by atoms with Gasteiger partial charge in [-0.3, -0.25) is 14.3 Å². The van der Waals surface area contributed by atoms with E-state index in [1.807, 2.05) is 31.2 Å². The standard InChI is InChI=1S/C19H19N7O3/c1-3-29-19-17-25-24-16(26(17)9-8-20-19)11-21-18(27)14-10-13(22-23-14)12-6-4-5-7-15(12)28-2/h4-10H,3,11H2,1-2H3,(H,21,27)(H,22,23). The Bertz CT molecular complexity index is 1150. The Hall–Kier alpha value is -3.95. The molecule has 4 rings (SSSR count). The predicted molar refractivity (Wildman–Crippen MR) is 104 cm³/mol. The zero-order valence-electron chi connectivity index (χ0n) is 15.9. The molecule has 29 heavy (non-hydrogen) atoms. The monoisotopic (exact) mass is 393 g/mol. The maximum absolute atomic E-state index is 12.5. The summed E-state index contributed by atoms with van der Waals surface area (Å²) in [6, 6.07) is 9.15. The first kappa shape index (κ1) is 18.4. The van der Waals surface area contributed by atoms with Crippen molar-refractivity contribution < 1.29 is 14.3 Å². The summed E-state index contributed by atoms with van der Waals surface area (Å²) < 4.78 is 12.5. The number of nitrogens with zero attached hydrogens (tertiary/aromatic N) is 5. The van der Waals surface area contributed by atoms with Crippen molar-refractivity contribution >= 4 is 11.6 Å². The van der Waals surface area contributed by atoms with E-state index in [0.29, 0.717) is 41.1 Å². The van der Waals surface area contributed by atoms with Crippen molar-refractivity contribution in [3.05, 3.63) is 54.2 Å². The van der Waals surface area contributed by atoms with Crippen LogP contribution >= 0.6 is 0 Å². The number of carbonyl (C=O) groups is 1. The number of fused-ring (bicyclic) bond motifs is 1. The molecule has 1 amide bonds. The van der Waals surface area contributed by atoms with Crippen molar-refractivity contribution in [1.29, 1.82) is 0 Å². The minimum absolute atomic E-state index is 0.179. The molecule has 3 heterocycles. The molecular formula is C19H19N7O3. The number of methoxy groups -OCH3 is 1. The highest BCUT2D eigenvalue weighted by molar-refractivity contribution is 5.93. The van der Waals surface area contributed by atoms with Gasteiger partial charge in [-0.25, -0.2) is 4.98 Å². The first-order chi connectivity index (χ1) is 14.2. The fraction of sp³-hybridized carbons (Fsp3) is 0.211. The Morgan fingerprint density at radius 3 is 2.97 bits per heavy atom. The van der Waals surface area contributed by atoms with Gasteiger partial charge in [0.15, 0.2) is 5.82 Å². The second-order valence-electron chi connectivity index (χ2n) is 6.03. The van der Waals surface area contributed by atoms with Crippen LogP contribution in [0.4, 0.5) is 0 Å². The Morgan fingerprint density at radius 1 is 1.28 bits per heavy atom. The molecule has 0 bridgehead atoms. The zero-order valence-corrected chi connectivity index (χ0v) is 15.9. The third-order valence-electron chi connectivity index (χ3n) is 4.26. The number of H-pyrrole nitrogens is 1. The topological polar surface area (TPSA) is 119 Å². The molecule has 0 unspecified atom stereocenters. The number of aromatic amines is 1. The van der Waals surface area contributed by atoms with E-state index < -0.39 is 0 Å². The lowest BCUT2D eigenvalue weighted by Crippen LogP contribution is -2.24. The summed E-state index contributed by atoms with van der Waals surface area (Å²) in [6.45, 7) is 2.52. The van der Waals surface area contributed by atoms with Gasteiger partial charge in [-0.15, -0.1) is 10.2 Å². The van der Waals surface area contributed by atoms with Crippen LogP contribution in [0.5, 0.6) is 11.6 Å². The van der Waals surface area contributed by atoms with Crippen LogP contribution in [0, 0.1) is 0 Å². The first-order valence-corrected chi connectivity index (χ1v) is 8.99. The van der Waals surface area contributed by atoms with Gasteiger partial charge in [-0.1, -0.05) is 12.1 Å². The quantitative estimate of drug-likeness (QED) is 0.492. The number of para-hydroxylation sites is 1. The number of hydrogen-bond donors (Lipinski definition) is 2. The minimum Gasteiger partial charge on any atom is -0.496 e. The number of aromatic nitrogens is 6. The Labute approximate surface area is 165 Å². The van der Waals surface area contributed by atoms with Crippen molar-refractivity contribution in [2.75, 3.05) is 13.7 Å². The van der Waals surface area contributed by atoms with Crippen LogP contribution in [0.15, 0.2) is 42.7 Å². The van der Waals surface area contributed by atoms with E-state index in [9.17, 15) is 4.79 Å². The van der Waals surface area contributed by atoms with Gasteiger partial charge in [0, 0.05) is 18.0 Å². The van der Waals surface area contributed by atoms with E-state index in [4.69, 9.17) is 9.47 Å². The molecule has 10 nitrogen and oxygen atoms in total. The molecule has 0 atom stereocenters. The first-order valence-electron chi connectivity index (χ1n) is 8.99. The summed E-state index contributed by atoms with van der Waals surface area (Å²) in [5.41, 5.74) is 2.24. The summed E-state index contributed by atoms with van der Waals surface area (Å²) in [4.78, 5) is 16.7. The summed E-state index contributed by atoms with van der Waals surface area (Å²) >= 11 is 0. The molecule has 3 aromatic heterocycles. The minimum atomic E-state index is -0.311. The summed E-state index contributed by atoms with van der Waals surface area (Å²) in [6.07, 6.45) is 3.32. The second-order valence-corrected chi connectivity index (χ2v) is 6.03. The van der Waals surface area contributed by atoms with E-state index in [-0.39, 0.29) is 12.5 Å². The fourth-order valence-electron chi connectivity index (χ4n) is 2.90. The largest absolute Gasteiger partial charge is 0.496 e. The highest BCUT2D eigenvalue weighted by Gasteiger charge is 2.16. The molecule has 0 spiro atoms. The van der Waals surface area contributed by atoms with Gasteiger partial charge in [-0.2, -0.15) is 5.10 Å². The molecule has 0 fully saturated rings. The van der Waals surface area contributed by atoms with Crippen LogP contribution in [-0.2, 0) is 6.54 Å². The number of ether oxygens (including phenoxy) is 2. The number of amides is 1. The van der Waals surface area contributed by atoms with E-state index in [2.05, 4.69) is 30.7 Å². The van der Waals surface area contributed by atoms with E-state index in [1.54, 1.807) is 30.0 Å². The van der Waals surface area contributed by atoms with Gasteiger partial charge >= 0.3 is 0 Å². The predicted octanol–water partition coefficient (Wildman–Crippen LogP) is 1.85. The van der Waals surface area contributed by atoms with Gasteiger partial charge in [0.1, 0.15) is 11.4 Å². The van der Waals surface area contributed by atoms with Gasteiger partial charge < -0.3 is 14.8 Å². The van der Waals surface area contributed by atoms with Gasteiger partial charge in [0.2, 0.25) is 5.65 Å². The van der Waals surface area contributed by atoms with Gasteiger partial charge in [0.05, 0.1) is 26.0 Å². The van der Waals surface area contributed by atoms with Crippen LogP contribution in [0.25, 0.3) is 16.9 Å². The Kier molecular flexibility index (Phi) is 5.06. The molecule has 0 radical (unpaired) electrons. The third kappa shape index (κ3) is 3.59. The highest BCUT2D eigenvalue weighted by atomic mass is 16.5. The lowest BCUT2D eigenvalue weighted by Gasteiger charge is -2.05. The maximum Gasteiger partial charge on any atom is 0.269 e. The molecule has 4 aromatic rings. The van der Waals surface area contributed by atoms with Crippen molar-refractivity contribution in [3.8, 4) is 22.9 Å². The summed E-state index contributed by atoms with van der Waals surface area (Å²) in [7, 11) is 1.59. The Morgan fingerprint density at radius 2 is 2.14 bits per heavy atom. The maximum atomic E-state index is 12.5. The van der Waals surface area contributed by atoms with E-state index in [0.717, 1.165) is 5.56 Å². The number of rotatable bonds is 7.